The number of para-hydroxylation sites is 2. The Labute approximate surface area is 175 Å². The molecule has 160 valence electrons. The number of benzene rings is 2. The van der Waals surface area contributed by atoms with Crippen LogP contribution in [0.3, 0.4) is 0 Å². The van der Waals surface area contributed by atoms with E-state index >= 15 is 0 Å². The van der Waals surface area contributed by atoms with Crippen LogP contribution in [0, 0.1) is 27.2 Å². The van der Waals surface area contributed by atoms with E-state index in [4.69, 9.17) is 13.9 Å². The lowest BCUT2D eigenvalue weighted by atomic mass is 10.1. The van der Waals surface area contributed by atoms with Crippen LogP contribution in [0.5, 0.6) is 11.5 Å². The van der Waals surface area contributed by atoms with E-state index in [0.29, 0.717) is 17.3 Å². The highest BCUT2D eigenvalue weighted by Gasteiger charge is 2.24. The first-order valence-corrected chi connectivity index (χ1v) is 8.89. The summed E-state index contributed by atoms with van der Waals surface area (Å²) in [6.45, 7) is 1.29. The fourth-order valence-corrected chi connectivity index (χ4v) is 2.79. The highest BCUT2D eigenvalue weighted by Crippen LogP contribution is 2.32. The van der Waals surface area contributed by atoms with Gasteiger partial charge in [-0.2, -0.15) is 0 Å². The Morgan fingerprint density at radius 2 is 1.65 bits per heavy atom. The van der Waals surface area contributed by atoms with Gasteiger partial charge in [-0.15, -0.1) is 0 Å². The maximum atomic E-state index is 12.4. The van der Waals surface area contributed by atoms with E-state index in [1.807, 2.05) is 0 Å². The molecule has 3 rings (SSSR count). The van der Waals surface area contributed by atoms with Crippen molar-refractivity contribution in [2.75, 3.05) is 12.4 Å². The van der Waals surface area contributed by atoms with Gasteiger partial charge in [-0.3, -0.25) is 25.0 Å². The van der Waals surface area contributed by atoms with E-state index in [1.165, 1.54) is 26.2 Å². The Kier molecular flexibility index (Phi) is 6.15. The number of nitrogens with zero attached hydrogens (tertiary/aromatic N) is 2. The van der Waals surface area contributed by atoms with Gasteiger partial charge in [0.15, 0.2) is 17.3 Å². The summed E-state index contributed by atoms with van der Waals surface area (Å²) in [7, 11) is 1.51. The van der Waals surface area contributed by atoms with Gasteiger partial charge in [0.05, 0.1) is 22.6 Å². The van der Waals surface area contributed by atoms with Crippen molar-refractivity contribution in [1.29, 1.82) is 0 Å². The molecule has 0 saturated carbocycles. The Morgan fingerprint density at radius 3 is 2.23 bits per heavy atom. The van der Waals surface area contributed by atoms with Gasteiger partial charge in [-0.25, -0.2) is 0 Å². The molecule has 31 heavy (non-hydrogen) atoms. The zero-order valence-corrected chi connectivity index (χ0v) is 16.5. The minimum atomic E-state index is -0.752. The zero-order chi connectivity index (χ0) is 22.5. The van der Waals surface area contributed by atoms with Crippen molar-refractivity contribution in [2.24, 2.45) is 0 Å². The smallest absolute Gasteiger partial charge is 0.291 e. The predicted molar refractivity (Wildman–Crippen MR) is 108 cm³/mol. The van der Waals surface area contributed by atoms with Gasteiger partial charge in [0.25, 0.3) is 17.3 Å². The third-order valence-electron chi connectivity index (χ3n) is 4.33. The van der Waals surface area contributed by atoms with Crippen molar-refractivity contribution in [3.63, 3.8) is 0 Å². The summed E-state index contributed by atoms with van der Waals surface area (Å²) in [5, 5.41) is 24.7. The van der Waals surface area contributed by atoms with E-state index < -0.39 is 27.1 Å². The highest BCUT2D eigenvalue weighted by molar-refractivity contribution is 6.02. The summed E-state index contributed by atoms with van der Waals surface area (Å²) in [6, 6.07) is 12.0. The van der Waals surface area contributed by atoms with E-state index in [-0.39, 0.29) is 23.6 Å². The molecule has 11 heteroatoms. The Hall–Kier alpha value is -4.41. The van der Waals surface area contributed by atoms with Gasteiger partial charge >= 0.3 is 0 Å². The van der Waals surface area contributed by atoms with Crippen molar-refractivity contribution in [3.05, 3.63) is 85.8 Å². The Bertz CT molecular complexity index is 1120. The molecular formula is C20H17N3O8. The number of furan rings is 1. The molecule has 0 fully saturated rings. The van der Waals surface area contributed by atoms with Gasteiger partial charge in [0.2, 0.25) is 0 Å². The number of ether oxygens (including phenoxy) is 2. The number of anilines is 1. The van der Waals surface area contributed by atoms with Crippen LogP contribution in [-0.4, -0.2) is 22.9 Å². The minimum Gasteiger partial charge on any atom is -0.493 e. The van der Waals surface area contributed by atoms with E-state index in [0.717, 1.165) is 12.1 Å². The molecule has 2 aromatic carbocycles. The van der Waals surface area contributed by atoms with Gasteiger partial charge in [-0.05, 0) is 31.2 Å². The number of methoxy groups -OCH3 is 1. The van der Waals surface area contributed by atoms with Crippen molar-refractivity contribution in [3.8, 4) is 11.5 Å². The van der Waals surface area contributed by atoms with Crippen LogP contribution in [0.4, 0.5) is 17.1 Å². The van der Waals surface area contributed by atoms with Gasteiger partial charge < -0.3 is 19.2 Å². The van der Waals surface area contributed by atoms with E-state index in [2.05, 4.69) is 5.32 Å². The molecule has 0 aliphatic rings. The van der Waals surface area contributed by atoms with Crippen molar-refractivity contribution < 1.29 is 28.5 Å². The molecule has 3 aromatic rings. The van der Waals surface area contributed by atoms with Crippen LogP contribution in [0.15, 0.2) is 52.9 Å². The van der Waals surface area contributed by atoms with Crippen molar-refractivity contribution in [2.45, 2.75) is 13.5 Å². The van der Waals surface area contributed by atoms with Crippen LogP contribution >= 0.6 is 0 Å². The first kappa shape index (κ1) is 21.3. The summed E-state index contributed by atoms with van der Waals surface area (Å²) in [6.07, 6.45) is 0. The number of rotatable bonds is 8. The lowest BCUT2D eigenvalue weighted by Gasteiger charge is -2.08. The number of amides is 1. The second-order valence-electron chi connectivity index (χ2n) is 6.31. The second kappa shape index (κ2) is 8.95. The molecule has 0 spiro atoms. The topological polar surface area (TPSA) is 147 Å². The Morgan fingerprint density at radius 1 is 1.03 bits per heavy atom. The molecule has 0 aliphatic heterocycles. The van der Waals surface area contributed by atoms with Crippen LogP contribution in [0.1, 0.15) is 21.9 Å². The largest absolute Gasteiger partial charge is 0.493 e. The number of carbonyl (C=O) groups is 1. The third-order valence-corrected chi connectivity index (χ3v) is 4.33. The van der Waals surface area contributed by atoms with Gasteiger partial charge in [0, 0.05) is 12.1 Å². The standard InChI is InChI=1S/C20H17N3O8/c1-12-15(22(25)26)9-13(10-16(12)23(27)28)21-20(24)19-8-7-14(31-19)11-30-18-6-4-3-5-17(18)29-2/h3-10H,11H2,1-2H3,(H,21,24). The number of hydrogen-bond donors (Lipinski definition) is 1. The summed E-state index contributed by atoms with van der Waals surface area (Å²) in [5.41, 5.74) is -1.16. The van der Waals surface area contributed by atoms with E-state index in [1.54, 1.807) is 24.3 Å². The number of nitrogens with one attached hydrogen (secondary N) is 1. The molecule has 1 heterocycles. The summed E-state index contributed by atoms with van der Waals surface area (Å²) in [5.74, 6) is 0.554. The third kappa shape index (κ3) is 4.78. The summed E-state index contributed by atoms with van der Waals surface area (Å²) >= 11 is 0. The van der Waals surface area contributed by atoms with Gasteiger partial charge in [-0.1, -0.05) is 12.1 Å². The fraction of sp³-hybridized carbons (Fsp3) is 0.150. The minimum absolute atomic E-state index is 0.0229. The first-order chi connectivity index (χ1) is 14.8. The maximum Gasteiger partial charge on any atom is 0.291 e. The average molecular weight is 427 g/mol. The quantitative estimate of drug-likeness (QED) is 0.414. The molecule has 1 aromatic heterocycles. The summed E-state index contributed by atoms with van der Waals surface area (Å²) < 4.78 is 16.3. The molecule has 1 N–H and O–H groups in total. The second-order valence-corrected chi connectivity index (χ2v) is 6.31. The molecule has 1 amide bonds. The number of nitro groups is 2. The number of nitro benzene ring substituents is 2. The van der Waals surface area contributed by atoms with Crippen molar-refractivity contribution in [1.82, 2.24) is 0 Å². The number of hydrogen-bond acceptors (Lipinski definition) is 8. The molecule has 0 radical (unpaired) electrons. The zero-order valence-electron chi connectivity index (χ0n) is 16.5. The molecule has 0 unspecified atom stereocenters. The molecule has 0 saturated heterocycles. The lowest BCUT2D eigenvalue weighted by molar-refractivity contribution is -0.395. The Balaban J connectivity index is 1.74. The van der Waals surface area contributed by atoms with Gasteiger partial charge in [0.1, 0.15) is 17.9 Å². The normalized spacial score (nSPS) is 10.4. The lowest BCUT2D eigenvalue weighted by Crippen LogP contribution is -2.12. The highest BCUT2D eigenvalue weighted by atomic mass is 16.6. The average Bonchev–Trinajstić information content (AvgIpc) is 3.22. The fourth-order valence-electron chi connectivity index (χ4n) is 2.79. The van der Waals surface area contributed by atoms with Crippen LogP contribution in [-0.2, 0) is 6.61 Å². The maximum absolute atomic E-state index is 12.4. The SMILES string of the molecule is COc1ccccc1OCc1ccc(C(=O)Nc2cc([N+](=O)[O-])c(C)c([N+](=O)[O-])c2)o1. The van der Waals surface area contributed by atoms with E-state index in [9.17, 15) is 25.0 Å². The molecule has 11 nitrogen and oxygen atoms in total. The van der Waals surface area contributed by atoms with Crippen LogP contribution in [0.25, 0.3) is 0 Å². The van der Waals surface area contributed by atoms with Crippen LogP contribution in [0.2, 0.25) is 0 Å². The predicted octanol–water partition coefficient (Wildman–Crippen LogP) is 4.24. The molecule has 0 aliphatic carbocycles. The van der Waals surface area contributed by atoms with Crippen LogP contribution < -0.4 is 14.8 Å². The molecule has 0 bridgehead atoms. The monoisotopic (exact) mass is 427 g/mol. The van der Waals surface area contributed by atoms with Crippen molar-refractivity contribution >= 4 is 23.0 Å². The number of carbonyl (C=O) groups excluding carboxylic acids is 1. The molecular weight excluding hydrogens is 410 g/mol. The summed E-state index contributed by atoms with van der Waals surface area (Å²) in [4.78, 5) is 33.3. The first-order valence-electron chi connectivity index (χ1n) is 8.89. The molecule has 0 atom stereocenters.